The summed E-state index contributed by atoms with van der Waals surface area (Å²) in [5.74, 6) is 0. The van der Waals surface area contributed by atoms with Crippen LogP contribution in [0.25, 0.3) is 0 Å². The van der Waals surface area contributed by atoms with Gasteiger partial charge in [-0.2, -0.15) is 13.2 Å². The molecule has 0 aliphatic rings. The minimum atomic E-state index is -4.28. The van der Waals surface area contributed by atoms with Gasteiger partial charge in [0.25, 0.3) is 0 Å². The Morgan fingerprint density at radius 3 is 2.00 bits per heavy atom. The van der Waals surface area contributed by atoms with E-state index in [2.05, 4.69) is 0 Å². The van der Waals surface area contributed by atoms with Gasteiger partial charge in [-0.15, -0.1) is 0 Å². The second kappa shape index (κ2) is 9.79. The quantitative estimate of drug-likeness (QED) is 0.642. The zero-order valence-electron chi connectivity index (χ0n) is 12.2. The maximum absolute atomic E-state index is 12.4. The van der Waals surface area contributed by atoms with Crippen LogP contribution in [0.1, 0.15) is 49.7 Å². The molecule has 1 aromatic rings. The lowest BCUT2D eigenvalue weighted by Crippen LogP contribution is -2.04. The van der Waals surface area contributed by atoms with Crippen LogP contribution in [0.15, 0.2) is 24.3 Å². The number of unbranched alkanes of at least 4 members (excludes halogenated alkanes) is 5. The molecule has 2 nitrogen and oxygen atoms in total. The fraction of sp³-hybridized carbons (Fsp3) is 0.625. The van der Waals surface area contributed by atoms with Crippen LogP contribution in [0.4, 0.5) is 13.2 Å². The maximum atomic E-state index is 12.4. The van der Waals surface area contributed by atoms with Crippen molar-refractivity contribution in [2.24, 2.45) is 0 Å². The highest BCUT2D eigenvalue weighted by Gasteiger charge is 2.29. The SMILES string of the molecule is OCCCCCCCCOCc1ccc(C(F)(F)F)cc1. The highest BCUT2D eigenvalue weighted by atomic mass is 19.4. The first-order chi connectivity index (χ1) is 10.0. The summed E-state index contributed by atoms with van der Waals surface area (Å²) in [5, 5.41) is 8.63. The maximum Gasteiger partial charge on any atom is 0.416 e. The number of aliphatic hydroxyl groups excluding tert-OH is 1. The fourth-order valence-corrected chi connectivity index (χ4v) is 2.00. The molecule has 0 amide bonds. The first-order valence-corrected chi connectivity index (χ1v) is 7.39. The molecule has 0 fully saturated rings. The molecule has 120 valence electrons. The van der Waals surface area contributed by atoms with E-state index in [1.165, 1.54) is 12.1 Å². The molecular formula is C16H23F3O2. The Bertz CT molecular complexity index is 374. The minimum Gasteiger partial charge on any atom is -0.396 e. The van der Waals surface area contributed by atoms with Crippen LogP contribution in [0, 0.1) is 0 Å². The molecule has 0 aromatic heterocycles. The van der Waals surface area contributed by atoms with Gasteiger partial charge in [-0.05, 0) is 30.5 Å². The molecule has 0 saturated heterocycles. The van der Waals surface area contributed by atoms with Crippen LogP contribution in [-0.2, 0) is 17.5 Å². The van der Waals surface area contributed by atoms with Crippen LogP contribution in [0.2, 0.25) is 0 Å². The predicted octanol–water partition coefficient (Wildman–Crippen LogP) is 4.55. The van der Waals surface area contributed by atoms with Gasteiger partial charge in [-0.1, -0.05) is 37.8 Å². The van der Waals surface area contributed by atoms with Gasteiger partial charge in [0, 0.05) is 13.2 Å². The molecule has 0 saturated carbocycles. The van der Waals surface area contributed by atoms with Gasteiger partial charge in [0.15, 0.2) is 0 Å². The van der Waals surface area contributed by atoms with E-state index < -0.39 is 11.7 Å². The Kier molecular flexibility index (Phi) is 8.38. The topological polar surface area (TPSA) is 29.5 Å². The highest BCUT2D eigenvalue weighted by molar-refractivity contribution is 5.24. The molecule has 0 aliphatic heterocycles. The fourth-order valence-electron chi connectivity index (χ4n) is 2.00. The van der Waals surface area contributed by atoms with E-state index in [0.717, 1.165) is 56.2 Å². The average molecular weight is 304 g/mol. The number of hydrogen-bond acceptors (Lipinski definition) is 2. The van der Waals surface area contributed by atoms with E-state index in [0.29, 0.717) is 13.2 Å². The lowest BCUT2D eigenvalue weighted by molar-refractivity contribution is -0.137. The van der Waals surface area contributed by atoms with Crippen molar-refractivity contribution in [1.29, 1.82) is 0 Å². The standard InChI is InChI=1S/C16H23F3O2/c17-16(18,19)15-9-7-14(8-10-15)13-21-12-6-4-2-1-3-5-11-20/h7-10,20H,1-6,11-13H2. The number of halogens is 3. The lowest BCUT2D eigenvalue weighted by Gasteiger charge is -2.08. The summed E-state index contributed by atoms with van der Waals surface area (Å²) in [6.07, 6.45) is 1.93. The number of hydrogen-bond donors (Lipinski definition) is 1. The van der Waals surface area contributed by atoms with Gasteiger partial charge in [-0.25, -0.2) is 0 Å². The second-order valence-electron chi connectivity index (χ2n) is 5.09. The molecule has 0 radical (unpaired) electrons. The van der Waals surface area contributed by atoms with Crippen LogP contribution >= 0.6 is 0 Å². The number of benzene rings is 1. The van der Waals surface area contributed by atoms with Crippen LogP contribution in [0.5, 0.6) is 0 Å². The van der Waals surface area contributed by atoms with Crippen molar-refractivity contribution < 1.29 is 23.0 Å². The van der Waals surface area contributed by atoms with Crippen molar-refractivity contribution >= 4 is 0 Å². The lowest BCUT2D eigenvalue weighted by atomic mass is 10.1. The molecule has 0 bridgehead atoms. The molecule has 0 spiro atoms. The van der Waals surface area contributed by atoms with Crippen molar-refractivity contribution in [3.05, 3.63) is 35.4 Å². The Morgan fingerprint density at radius 2 is 1.43 bits per heavy atom. The van der Waals surface area contributed by atoms with Gasteiger partial charge < -0.3 is 9.84 Å². The van der Waals surface area contributed by atoms with Crippen molar-refractivity contribution in [2.75, 3.05) is 13.2 Å². The van der Waals surface area contributed by atoms with Crippen LogP contribution in [0.3, 0.4) is 0 Å². The summed E-state index contributed by atoms with van der Waals surface area (Å²) >= 11 is 0. The van der Waals surface area contributed by atoms with Crippen molar-refractivity contribution in [1.82, 2.24) is 0 Å². The number of rotatable bonds is 10. The van der Waals surface area contributed by atoms with E-state index in [1.807, 2.05) is 0 Å². The van der Waals surface area contributed by atoms with Gasteiger partial charge in [-0.3, -0.25) is 0 Å². The van der Waals surface area contributed by atoms with Crippen molar-refractivity contribution in [2.45, 2.75) is 51.3 Å². The van der Waals surface area contributed by atoms with Gasteiger partial charge in [0.05, 0.1) is 12.2 Å². The molecular weight excluding hydrogens is 281 g/mol. The summed E-state index contributed by atoms with van der Waals surface area (Å²) < 4.78 is 42.6. The van der Waals surface area contributed by atoms with E-state index in [9.17, 15) is 13.2 Å². The summed E-state index contributed by atoms with van der Waals surface area (Å²) in [6.45, 7) is 1.24. The predicted molar refractivity (Wildman–Crippen MR) is 75.9 cm³/mol. The first-order valence-electron chi connectivity index (χ1n) is 7.39. The molecule has 1 rings (SSSR count). The Labute approximate surface area is 123 Å². The zero-order chi connectivity index (χ0) is 15.6. The van der Waals surface area contributed by atoms with Crippen LogP contribution < -0.4 is 0 Å². The van der Waals surface area contributed by atoms with E-state index in [4.69, 9.17) is 9.84 Å². The molecule has 1 N–H and O–H groups in total. The smallest absolute Gasteiger partial charge is 0.396 e. The number of aliphatic hydroxyl groups is 1. The van der Waals surface area contributed by atoms with Crippen molar-refractivity contribution in [3.63, 3.8) is 0 Å². The summed E-state index contributed by atoms with van der Waals surface area (Å²) in [6, 6.07) is 5.08. The van der Waals surface area contributed by atoms with Gasteiger partial charge in [0.2, 0.25) is 0 Å². The van der Waals surface area contributed by atoms with Crippen LogP contribution in [-0.4, -0.2) is 18.3 Å². The molecule has 5 heteroatoms. The number of alkyl halides is 3. The molecule has 0 unspecified atom stereocenters. The van der Waals surface area contributed by atoms with E-state index in [-0.39, 0.29) is 6.61 Å². The molecule has 0 heterocycles. The third-order valence-corrected chi connectivity index (χ3v) is 3.25. The third-order valence-electron chi connectivity index (χ3n) is 3.25. The summed E-state index contributed by atoms with van der Waals surface area (Å²) in [7, 11) is 0. The normalized spacial score (nSPS) is 11.8. The van der Waals surface area contributed by atoms with Crippen molar-refractivity contribution in [3.8, 4) is 0 Å². The molecule has 0 atom stereocenters. The Hall–Kier alpha value is -1.07. The Balaban J connectivity index is 2.08. The third kappa shape index (κ3) is 8.07. The highest BCUT2D eigenvalue weighted by Crippen LogP contribution is 2.29. The summed E-state index contributed by atoms with van der Waals surface area (Å²) in [4.78, 5) is 0. The van der Waals surface area contributed by atoms with E-state index >= 15 is 0 Å². The molecule has 0 aliphatic carbocycles. The monoisotopic (exact) mass is 304 g/mol. The zero-order valence-corrected chi connectivity index (χ0v) is 12.2. The van der Waals surface area contributed by atoms with E-state index in [1.54, 1.807) is 0 Å². The van der Waals surface area contributed by atoms with Gasteiger partial charge in [0.1, 0.15) is 0 Å². The molecule has 1 aromatic carbocycles. The Morgan fingerprint density at radius 1 is 0.857 bits per heavy atom. The molecule has 21 heavy (non-hydrogen) atoms. The largest absolute Gasteiger partial charge is 0.416 e. The number of ether oxygens (including phenoxy) is 1. The summed E-state index contributed by atoms with van der Waals surface area (Å²) in [5.41, 5.74) is 0.125. The first kappa shape index (κ1) is 18.0. The average Bonchev–Trinajstić information content (AvgIpc) is 2.45. The minimum absolute atomic E-state index is 0.260. The van der Waals surface area contributed by atoms with Gasteiger partial charge >= 0.3 is 6.18 Å². The second-order valence-corrected chi connectivity index (χ2v) is 5.09.